The number of anilines is 3. The van der Waals surface area contributed by atoms with Gasteiger partial charge in [-0.05, 0) is 89.3 Å². The molecule has 2 aromatic rings. The molecule has 0 unspecified atom stereocenters. The molecule has 2 aliphatic heterocycles. The number of carbonyl (C=O) groups is 2. The molecule has 2 amide bonds. The third-order valence-electron chi connectivity index (χ3n) is 8.58. The number of halogens is 3. The van der Waals surface area contributed by atoms with Crippen LogP contribution in [0.25, 0.3) is 0 Å². The molecule has 2 N–H and O–H groups in total. The third kappa shape index (κ3) is 6.91. The van der Waals surface area contributed by atoms with Crippen LogP contribution in [0, 0.1) is 5.92 Å². The number of nitrogens with zero attached hydrogens (tertiary/aromatic N) is 5. The first kappa shape index (κ1) is 29.1. The second-order valence-corrected chi connectivity index (χ2v) is 11.5. The SMILES string of the molecule is CN1CCC(N(C)C(=O)c2ccc(Nc3ncc(C(F)(F)F)c(N[C@@H]4CC[C@H](C(=O)N5CCCC5)C4)n3)cc2)CC1. The molecule has 222 valence electrons. The van der Waals surface area contributed by atoms with Gasteiger partial charge in [-0.2, -0.15) is 18.2 Å². The lowest BCUT2D eigenvalue weighted by Crippen LogP contribution is -2.44. The molecule has 9 nitrogen and oxygen atoms in total. The molecule has 41 heavy (non-hydrogen) atoms. The minimum Gasteiger partial charge on any atom is -0.367 e. The van der Waals surface area contributed by atoms with Gasteiger partial charge in [0.15, 0.2) is 0 Å². The maximum absolute atomic E-state index is 13.8. The zero-order valence-corrected chi connectivity index (χ0v) is 23.6. The Bertz CT molecular complexity index is 1230. The van der Waals surface area contributed by atoms with Crippen molar-refractivity contribution < 1.29 is 22.8 Å². The van der Waals surface area contributed by atoms with Crippen LogP contribution < -0.4 is 10.6 Å². The van der Waals surface area contributed by atoms with E-state index in [1.165, 1.54) is 0 Å². The molecule has 0 spiro atoms. The highest BCUT2D eigenvalue weighted by Gasteiger charge is 2.38. The Labute approximate surface area is 238 Å². The van der Waals surface area contributed by atoms with Crippen molar-refractivity contribution in [2.75, 3.05) is 50.9 Å². The number of likely N-dealkylation sites (tertiary alicyclic amines) is 2. The van der Waals surface area contributed by atoms with Gasteiger partial charge in [-0.3, -0.25) is 9.59 Å². The molecule has 3 heterocycles. The van der Waals surface area contributed by atoms with E-state index in [4.69, 9.17) is 0 Å². The minimum atomic E-state index is -4.63. The molecule has 1 aromatic carbocycles. The van der Waals surface area contributed by atoms with Crippen LogP contribution in [0.5, 0.6) is 0 Å². The number of hydrogen-bond acceptors (Lipinski definition) is 7. The fourth-order valence-corrected chi connectivity index (χ4v) is 6.06. The second-order valence-electron chi connectivity index (χ2n) is 11.5. The van der Waals surface area contributed by atoms with Crippen LogP contribution in [0.2, 0.25) is 0 Å². The maximum Gasteiger partial charge on any atom is 0.421 e. The van der Waals surface area contributed by atoms with Gasteiger partial charge in [0, 0.05) is 55.6 Å². The highest BCUT2D eigenvalue weighted by Crippen LogP contribution is 2.37. The maximum atomic E-state index is 13.8. The predicted octanol–water partition coefficient (Wildman–Crippen LogP) is 4.61. The lowest BCUT2D eigenvalue weighted by atomic mass is 10.0. The number of piperidine rings is 1. The molecular weight excluding hydrogens is 535 g/mol. The summed E-state index contributed by atoms with van der Waals surface area (Å²) in [7, 11) is 3.90. The van der Waals surface area contributed by atoms with Gasteiger partial charge >= 0.3 is 6.18 Å². The van der Waals surface area contributed by atoms with Crippen LogP contribution in [0.4, 0.5) is 30.6 Å². The van der Waals surface area contributed by atoms with Gasteiger partial charge in [-0.15, -0.1) is 0 Å². The summed E-state index contributed by atoms with van der Waals surface area (Å²) >= 11 is 0. The van der Waals surface area contributed by atoms with Gasteiger partial charge in [0.25, 0.3) is 5.91 Å². The van der Waals surface area contributed by atoms with E-state index in [1.807, 2.05) is 11.9 Å². The van der Waals surface area contributed by atoms with Crippen molar-refractivity contribution in [3.63, 3.8) is 0 Å². The average molecular weight is 574 g/mol. The Morgan fingerprint density at radius 2 is 1.68 bits per heavy atom. The normalized spacial score (nSPS) is 22.1. The largest absolute Gasteiger partial charge is 0.421 e. The monoisotopic (exact) mass is 573 g/mol. The standard InChI is InChI=1S/C29H38F3N7O2/c1-37-15-11-23(12-16-37)38(2)26(40)19-5-8-21(9-6-19)35-28-33-18-24(29(30,31)32)25(36-28)34-22-10-7-20(17-22)27(41)39-13-3-4-14-39/h5-6,8-9,18,20,22-23H,3-4,7,10-17H2,1-2H3,(H2,33,34,35,36)/t20-,22+/m0/s1. The number of amides is 2. The van der Waals surface area contributed by atoms with Gasteiger partial charge < -0.3 is 25.3 Å². The highest BCUT2D eigenvalue weighted by atomic mass is 19.4. The smallest absolute Gasteiger partial charge is 0.367 e. The zero-order valence-electron chi connectivity index (χ0n) is 23.6. The van der Waals surface area contributed by atoms with Gasteiger partial charge in [0.1, 0.15) is 11.4 Å². The Hall–Kier alpha value is -3.41. The van der Waals surface area contributed by atoms with Gasteiger partial charge in [0.05, 0.1) is 0 Å². The summed E-state index contributed by atoms with van der Waals surface area (Å²) in [5.74, 6) is -0.445. The topological polar surface area (TPSA) is 93.7 Å². The van der Waals surface area contributed by atoms with Crippen LogP contribution in [0.15, 0.2) is 30.5 Å². The number of benzene rings is 1. The molecule has 0 bridgehead atoms. The van der Waals surface area contributed by atoms with Crippen molar-refractivity contribution in [2.45, 2.75) is 63.2 Å². The van der Waals surface area contributed by atoms with E-state index < -0.39 is 11.7 Å². The summed E-state index contributed by atoms with van der Waals surface area (Å²) in [6.07, 6.45) is 1.70. The van der Waals surface area contributed by atoms with E-state index in [-0.39, 0.29) is 41.6 Å². The summed E-state index contributed by atoms with van der Waals surface area (Å²) < 4.78 is 41.4. The first-order valence-corrected chi connectivity index (χ1v) is 14.4. The fourth-order valence-electron chi connectivity index (χ4n) is 6.06. The lowest BCUT2D eigenvalue weighted by molar-refractivity contribution is -0.137. The van der Waals surface area contributed by atoms with Gasteiger partial charge in [0.2, 0.25) is 11.9 Å². The molecular formula is C29H38F3N7O2. The van der Waals surface area contributed by atoms with E-state index in [0.29, 0.717) is 30.5 Å². The number of aromatic nitrogens is 2. The van der Waals surface area contributed by atoms with Crippen LogP contribution >= 0.6 is 0 Å². The van der Waals surface area contributed by atoms with Crippen LogP contribution in [0.1, 0.15) is 60.9 Å². The quantitative estimate of drug-likeness (QED) is 0.500. The van der Waals surface area contributed by atoms with Crippen LogP contribution in [0.3, 0.4) is 0 Å². The molecule has 1 aromatic heterocycles. The van der Waals surface area contributed by atoms with E-state index in [1.54, 1.807) is 29.2 Å². The summed E-state index contributed by atoms with van der Waals surface area (Å²) in [6.45, 7) is 3.42. The number of carbonyl (C=O) groups excluding carboxylic acids is 2. The molecule has 5 rings (SSSR count). The molecule has 2 saturated heterocycles. The Morgan fingerprint density at radius 1 is 1.00 bits per heavy atom. The van der Waals surface area contributed by atoms with Crippen molar-refractivity contribution in [2.24, 2.45) is 5.92 Å². The fraction of sp³-hybridized carbons (Fsp3) is 0.586. The van der Waals surface area contributed by atoms with Crippen LogP contribution in [-0.4, -0.2) is 88.8 Å². The first-order chi connectivity index (χ1) is 19.6. The Kier molecular flexibility index (Phi) is 8.67. The summed E-state index contributed by atoms with van der Waals surface area (Å²) in [6, 6.07) is 6.66. The Balaban J connectivity index is 1.24. The van der Waals surface area contributed by atoms with Crippen molar-refractivity contribution in [1.82, 2.24) is 24.7 Å². The highest BCUT2D eigenvalue weighted by molar-refractivity contribution is 5.94. The van der Waals surface area contributed by atoms with Crippen molar-refractivity contribution in [1.29, 1.82) is 0 Å². The number of nitrogens with one attached hydrogen (secondary N) is 2. The lowest BCUT2D eigenvalue weighted by Gasteiger charge is -2.35. The molecule has 3 fully saturated rings. The van der Waals surface area contributed by atoms with Gasteiger partial charge in [-0.1, -0.05) is 0 Å². The van der Waals surface area contributed by atoms with E-state index >= 15 is 0 Å². The number of rotatable bonds is 7. The molecule has 1 aliphatic carbocycles. The molecule has 1 saturated carbocycles. The van der Waals surface area contributed by atoms with E-state index in [9.17, 15) is 22.8 Å². The summed E-state index contributed by atoms with van der Waals surface area (Å²) in [4.78, 5) is 39.8. The zero-order chi connectivity index (χ0) is 29.1. The van der Waals surface area contributed by atoms with Crippen molar-refractivity contribution >= 4 is 29.3 Å². The second kappa shape index (κ2) is 12.2. The summed E-state index contributed by atoms with van der Waals surface area (Å²) in [5.41, 5.74) is 0.133. The summed E-state index contributed by atoms with van der Waals surface area (Å²) in [5, 5.41) is 5.91. The van der Waals surface area contributed by atoms with E-state index in [2.05, 4.69) is 32.5 Å². The molecule has 3 aliphatic rings. The van der Waals surface area contributed by atoms with Crippen LogP contribution in [-0.2, 0) is 11.0 Å². The molecule has 2 atom stereocenters. The first-order valence-electron chi connectivity index (χ1n) is 14.4. The molecule has 12 heteroatoms. The van der Waals surface area contributed by atoms with E-state index in [0.717, 1.165) is 58.1 Å². The third-order valence-corrected chi connectivity index (χ3v) is 8.58. The molecule has 0 radical (unpaired) electrons. The average Bonchev–Trinajstić information content (AvgIpc) is 3.65. The van der Waals surface area contributed by atoms with Crippen molar-refractivity contribution in [3.05, 3.63) is 41.6 Å². The number of alkyl halides is 3. The Morgan fingerprint density at radius 3 is 2.34 bits per heavy atom. The minimum absolute atomic E-state index is 0.00529. The van der Waals surface area contributed by atoms with Crippen molar-refractivity contribution in [3.8, 4) is 0 Å². The number of hydrogen-bond donors (Lipinski definition) is 2. The predicted molar refractivity (Wildman–Crippen MR) is 150 cm³/mol. The van der Waals surface area contributed by atoms with Gasteiger partial charge in [-0.25, -0.2) is 4.98 Å².